The lowest BCUT2D eigenvalue weighted by molar-refractivity contribution is -0.718. The van der Waals surface area contributed by atoms with E-state index in [4.69, 9.17) is 10.5 Å². The van der Waals surface area contributed by atoms with Crippen molar-refractivity contribution < 1.29 is 9.30 Å². The van der Waals surface area contributed by atoms with E-state index in [0.29, 0.717) is 12.5 Å². The Morgan fingerprint density at radius 1 is 1.60 bits per heavy atom. The number of pyridine rings is 1. The van der Waals surface area contributed by atoms with Gasteiger partial charge in [-0.25, -0.2) is 4.57 Å². The molecule has 1 aromatic rings. The van der Waals surface area contributed by atoms with Crippen LogP contribution in [0.25, 0.3) is 0 Å². The standard InChI is InChI=1S/C7H10N2O/c1-10-6-9-5-3-2-4-7(9)8/h2-5,8H,6H2,1H3/p+1. The Labute approximate surface area is 60.0 Å². The van der Waals surface area contributed by atoms with E-state index < -0.39 is 0 Å². The number of nitrogen functional groups attached to an aromatic ring is 1. The molecule has 2 N–H and O–H groups in total. The van der Waals surface area contributed by atoms with E-state index >= 15 is 0 Å². The number of anilines is 1. The van der Waals surface area contributed by atoms with E-state index in [-0.39, 0.29) is 0 Å². The second-order valence-corrected chi connectivity index (χ2v) is 2.01. The van der Waals surface area contributed by atoms with Crippen molar-refractivity contribution in [1.29, 1.82) is 0 Å². The molecule has 0 bridgehead atoms. The van der Waals surface area contributed by atoms with Gasteiger partial charge in [0, 0.05) is 13.2 Å². The molecular weight excluding hydrogens is 128 g/mol. The molecule has 0 radical (unpaired) electrons. The molecule has 1 heterocycles. The van der Waals surface area contributed by atoms with E-state index in [2.05, 4.69) is 0 Å². The highest BCUT2D eigenvalue weighted by Crippen LogP contribution is 1.89. The molecule has 0 spiro atoms. The molecule has 0 saturated heterocycles. The fourth-order valence-corrected chi connectivity index (χ4v) is 0.746. The minimum atomic E-state index is 0.507. The van der Waals surface area contributed by atoms with Crippen LogP contribution in [0.4, 0.5) is 5.82 Å². The number of hydrogen-bond donors (Lipinski definition) is 1. The van der Waals surface area contributed by atoms with Crippen LogP contribution in [0, 0.1) is 0 Å². The SMILES string of the molecule is COC[n+]1ccccc1N. The van der Waals surface area contributed by atoms with E-state index in [9.17, 15) is 0 Å². The van der Waals surface area contributed by atoms with Crippen molar-refractivity contribution in [3.63, 3.8) is 0 Å². The summed E-state index contributed by atoms with van der Waals surface area (Å²) < 4.78 is 6.71. The monoisotopic (exact) mass is 139 g/mol. The third kappa shape index (κ3) is 1.45. The summed E-state index contributed by atoms with van der Waals surface area (Å²) in [5, 5.41) is 0. The summed E-state index contributed by atoms with van der Waals surface area (Å²) >= 11 is 0. The van der Waals surface area contributed by atoms with Gasteiger partial charge in [-0.05, 0) is 6.07 Å². The normalized spacial score (nSPS) is 9.70. The summed E-state index contributed by atoms with van der Waals surface area (Å²) in [5.41, 5.74) is 5.59. The van der Waals surface area contributed by atoms with Crippen LogP contribution in [0.15, 0.2) is 24.4 Å². The maximum atomic E-state index is 5.59. The van der Waals surface area contributed by atoms with Crippen LogP contribution in [-0.4, -0.2) is 7.11 Å². The molecule has 0 atom stereocenters. The van der Waals surface area contributed by atoms with Gasteiger partial charge < -0.3 is 4.74 Å². The third-order valence-electron chi connectivity index (χ3n) is 1.24. The zero-order valence-electron chi connectivity index (χ0n) is 5.95. The van der Waals surface area contributed by atoms with Crippen LogP contribution in [0.5, 0.6) is 0 Å². The summed E-state index contributed by atoms with van der Waals surface area (Å²) in [5.74, 6) is 0.712. The van der Waals surface area contributed by atoms with Crippen molar-refractivity contribution in [2.45, 2.75) is 6.73 Å². The van der Waals surface area contributed by atoms with Crippen LogP contribution in [0.3, 0.4) is 0 Å². The smallest absolute Gasteiger partial charge is 0.274 e. The molecule has 0 aromatic carbocycles. The molecule has 0 aliphatic heterocycles. The molecule has 10 heavy (non-hydrogen) atoms. The highest BCUT2D eigenvalue weighted by molar-refractivity contribution is 5.18. The number of nitrogens with two attached hydrogens (primary N) is 1. The highest BCUT2D eigenvalue weighted by atomic mass is 16.5. The molecule has 0 aliphatic rings. The Morgan fingerprint density at radius 2 is 2.40 bits per heavy atom. The molecule has 0 aliphatic carbocycles. The van der Waals surface area contributed by atoms with Crippen molar-refractivity contribution in [3.8, 4) is 0 Å². The van der Waals surface area contributed by atoms with Gasteiger partial charge >= 0.3 is 0 Å². The fourth-order valence-electron chi connectivity index (χ4n) is 0.746. The summed E-state index contributed by atoms with van der Waals surface area (Å²) in [6.07, 6.45) is 1.87. The summed E-state index contributed by atoms with van der Waals surface area (Å²) in [4.78, 5) is 0. The van der Waals surface area contributed by atoms with Crippen LogP contribution in [0.1, 0.15) is 0 Å². The summed E-state index contributed by atoms with van der Waals surface area (Å²) in [6.45, 7) is 0.507. The van der Waals surface area contributed by atoms with Crippen molar-refractivity contribution in [2.75, 3.05) is 12.8 Å². The van der Waals surface area contributed by atoms with Gasteiger partial charge in [0.2, 0.25) is 0 Å². The first-order valence-electron chi connectivity index (χ1n) is 3.07. The number of aromatic nitrogens is 1. The Balaban J connectivity index is 2.81. The average Bonchev–Trinajstić information content (AvgIpc) is 1.94. The van der Waals surface area contributed by atoms with Crippen molar-refractivity contribution >= 4 is 5.82 Å². The first kappa shape index (κ1) is 7.02. The van der Waals surface area contributed by atoms with E-state index in [1.54, 1.807) is 7.11 Å². The van der Waals surface area contributed by atoms with Gasteiger partial charge in [0.05, 0.1) is 6.20 Å². The molecule has 54 valence electrons. The van der Waals surface area contributed by atoms with Gasteiger partial charge in [-0.15, -0.1) is 0 Å². The fraction of sp³-hybridized carbons (Fsp3) is 0.286. The molecule has 0 fully saturated rings. The molecular formula is C7H11N2O+. The zero-order valence-corrected chi connectivity index (χ0v) is 5.95. The third-order valence-corrected chi connectivity index (χ3v) is 1.24. The number of rotatable bonds is 2. The lowest BCUT2D eigenvalue weighted by Gasteiger charge is -1.98. The minimum Gasteiger partial charge on any atom is -0.345 e. The predicted molar refractivity (Wildman–Crippen MR) is 38.1 cm³/mol. The van der Waals surface area contributed by atoms with Crippen molar-refractivity contribution in [2.24, 2.45) is 0 Å². The predicted octanol–water partition coefficient (Wildman–Crippen LogP) is 0.160. The molecule has 1 rings (SSSR count). The molecule has 3 nitrogen and oxygen atoms in total. The van der Waals surface area contributed by atoms with Crippen molar-refractivity contribution in [3.05, 3.63) is 24.4 Å². The minimum absolute atomic E-state index is 0.507. The second kappa shape index (κ2) is 3.17. The van der Waals surface area contributed by atoms with Crippen molar-refractivity contribution in [1.82, 2.24) is 0 Å². The maximum Gasteiger partial charge on any atom is 0.274 e. The Bertz CT molecular complexity index is 213. The van der Waals surface area contributed by atoms with Crippen LogP contribution < -0.4 is 10.3 Å². The maximum absolute atomic E-state index is 5.59. The Kier molecular flexibility index (Phi) is 2.23. The molecule has 0 amide bonds. The van der Waals surface area contributed by atoms with Gasteiger partial charge in [0.25, 0.3) is 5.82 Å². The first-order chi connectivity index (χ1) is 4.84. The number of hydrogen-bond acceptors (Lipinski definition) is 2. The molecule has 0 unspecified atom stereocenters. The Morgan fingerprint density at radius 3 is 3.00 bits per heavy atom. The van der Waals surface area contributed by atoms with Crippen LogP contribution in [0.2, 0.25) is 0 Å². The largest absolute Gasteiger partial charge is 0.345 e. The van der Waals surface area contributed by atoms with E-state index in [0.717, 1.165) is 0 Å². The van der Waals surface area contributed by atoms with Gasteiger partial charge in [-0.1, -0.05) is 6.07 Å². The lowest BCUT2D eigenvalue weighted by Crippen LogP contribution is -2.37. The van der Waals surface area contributed by atoms with E-state index in [1.165, 1.54) is 0 Å². The zero-order chi connectivity index (χ0) is 7.40. The summed E-state index contributed by atoms with van der Waals surface area (Å²) in [7, 11) is 1.64. The van der Waals surface area contributed by atoms with E-state index in [1.807, 2.05) is 29.0 Å². The number of methoxy groups -OCH3 is 1. The number of nitrogens with zero attached hydrogens (tertiary/aromatic N) is 1. The van der Waals surface area contributed by atoms with Gasteiger partial charge in [0.1, 0.15) is 0 Å². The van der Waals surface area contributed by atoms with Crippen LogP contribution >= 0.6 is 0 Å². The second-order valence-electron chi connectivity index (χ2n) is 2.01. The van der Waals surface area contributed by atoms with Gasteiger partial charge in [-0.2, -0.15) is 0 Å². The topological polar surface area (TPSA) is 39.1 Å². The molecule has 3 heteroatoms. The highest BCUT2D eigenvalue weighted by Gasteiger charge is 1.98. The first-order valence-corrected chi connectivity index (χ1v) is 3.07. The number of ether oxygens (including phenoxy) is 1. The lowest BCUT2D eigenvalue weighted by atomic mass is 10.4. The van der Waals surface area contributed by atoms with Gasteiger partial charge in [-0.3, -0.25) is 5.73 Å². The average molecular weight is 139 g/mol. The summed E-state index contributed by atoms with van der Waals surface area (Å²) in [6, 6.07) is 5.63. The van der Waals surface area contributed by atoms with Crippen LogP contribution in [-0.2, 0) is 11.5 Å². The Hall–Kier alpha value is -1.09. The molecule has 0 saturated carbocycles. The molecule has 1 aromatic heterocycles. The quantitative estimate of drug-likeness (QED) is 0.593. The van der Waals surface area contributed by atoms with Gasteiger partial charge in [0.15, 0.2) is 6.73 Å².